The molecule has 0 aliphatic rings. The number of nitrogens with two attached hydrogens (primary N) is 1. The van der Waals surface area contributed by atoms with E-state index in [0.717, 1.165) is 5.69 Å². The zero-order valence-electron chi connectivity index (χ0n) is 9.76. The Morgan fingerprint density at radius 1 is 1.14 bits per heavy atom. The third kappa shape index (κ3) is 2.06. The minimum Gasteiger partial charge on any atom is -0.384 e. The second-order valence-electron chi connectivity index (χ2n) is 4.44. The van der Waals surface area contributed by atoms with Gasteiger partial charge in [0.1, 0.15) is 5.82 Å². The van der Waals surface area contributed by atoms with E-state index in [9.17, 15) is 0 Å². The van der Waals surface area contributed by atoms with Gasteiger partial charge in [-0.2, -0.15) is 0 Å². The molecule has 2 N–H and O–H groups in total. The van der Waals surface area contributed by atoms with Gasteiger partial charge in [-0.05, 0) is 36.0 Å². The van der Waals surface area contributed by atoms with Gasteiger partial charge in [0.15, 0.2) is 0 Å². The number of pyridine rings is 1. The van der Waals surface area contributed by atoms with Crippen LogP contribution in [0.15, 0.2) is 6.07 Å². The van der Waals surface area contributed by atoms with Gasteiger partial charge in [-0.3, -0.25) is 0 Å². The maximum absolute atomic E-state index is 5.76. The number of aryl methyl sites for hydroxylation is 1. The molecule has 0 bridgehead atoms. The number of nitrogens with zero attached hydrogens (tertiary/aromatic N) is 1. The fourth-order valence-electron chi connectivity index (χ4n) is 1.96. The smallest absolute Gasteiger partial charge is 0.123 e. The summed E-state index contributed by atoms with van der Waals surface area (Å²) in [5.74, 6) is 1.66. The standard InChI is InChI=1S/C12H20N2/c1-7(2)10-6-11(13)14-9(5)12(10)8(3)4/h6-8H,1-5H3,(H2,13,14). The maximum Gasteiger partial charge on any atom is 0.123 e. The van der Waals surface area contributed by atoms with Crippen molar-refractivity contribution in [2.45, 2.75) is 46.5 Å². The molecule has 0 atom stereocenters. The molecule has 0 radical (unpaired) electrons. The highest BCUT2D eigenvalue weighted by Crippen LogP contribution is 2.29. The summed E-state index contributed by atoms with van der Waals surface area (Å²) in [6.07, 6.45) is 0. The first-order valence-electron chi connectivity index (χ1n) is 5.20. The molecule has 0 unspecified atom stereocenters. The molecule has 0 aliphatic heterocycles. The topological polar surface area (TPSA) is 38.9 Å². The van der Waals surface area contributed by atoms with Crippen molar-refractivity contribution < 1.29 is 0 Å². The monoisotopic (exact) mass is 192 g/mol. The number of hydrogen-bond acceptors (Lipinski definition) is 2. The lowest BCUT2D eigenvalue weighted by Crippen LogP contribution is -2.06. The predicted molar refractivity (Wildman–Crippen MR) is 61.6 cm³/mol. The molecule has 0 saturated carbocycles. The van der Waals surface area contributed by atoms with Crippen LogP contribution < -0.4 is 5.73 Å². The summed E-state index contributed by atoms with van der Waals surface area (Å²) >= 11 is 0. The molecule has 1 heterocycles. The highest BCUT2D eigenvalue weighted by Gasteiger charge is 2.14. The molecule has 0 aromatic carbocycles. The van der Waals surface area contributed by atoms with Crippen LogP contribution in [-0.4, -0.2) is 4.98 Å². The molecule has 1 rings (SSSR count). The Bertz CT molecular complexity index is 327. The lowest BCUT2D eigenvalue weighted by atomic mass is 9.90. The van der Waals surface area contributed by atoms with Crippen LogP contribution >= 0.6 is 0 Å². The second kappa shape index (κ2) is 3.99. The van der Waals surface area contributed by atoms with Gasteiger partial charge in [0, 0.05) is 5.69 Å². The van der Waals surface area contributed by atoms with E-state index >= 15 is 0 Å². The van der Waals surface area contributed by atoms with E-state index in [4.69, 9.17) is 5.73 Å². The van der Waals surface area contributed by atoms with Crippen molar-refractivity contribution in [3.63, 3.8) is 0 Å². The number of anilines is 1. The van der Waals surface area contributed by atoms with E-state index in [1.165, 1.54) is 11.1 Å². The van der Waals surface area contributed by atoms with Crippen LogP contribution in [0.2, 0.25) is 0 Å². The lowest BCUT2D eigenvalue weighted by Gasteiger charge is -2.18. The van der Waals surface area contributed by atoms with Gasteiger partial charge < -0.3 is 5.73 Å². The Morgan fingerprint density at radius 3 is 2.14 bits per heavy atom. The Kier molecular flexibility index (Phi) is 3.14. The molecule has 0 amide bonds. The molecule has 0 fully saturated rings. The lowest BCUT2D eigenvalue weighted by molar-refractivity contribution is 0.774. The van der Waals surface area contributed by atoms with E-state index < -0.39 is 0 Å². The maximum atomic E-state index is 5.76. The van der Waals surface area contributed by atoms with Crippen molar-refractivity contribution in [1.82, 2.24) is 4.98 Å². The second-order valence-corrected chi connectivity index (χ2v) is 4.44. The zero-order chi connectivity index (χ0) is 10.9. The van der Waals surface area contributed by atoms with Crippen molar-refractivity contribution in [3.8, 4) is 0 Å². The first-order valence-corrected chi connectivity index (χ1v) is 5.20. The largest absolute Gasteiger partial charge is 0.384 e. The summed E-state index contributed by atoms with van der Waals surface area (Å²) in [6, 6.07) is 2.01. The molecule has 2 heteroatoms. The highest BCUT2D eigenvalue weighted by atomic mass is 14.8. The van der Waals surface area contributed by atoms with Crippen molar-refractivity contribution in [3.05, 3.63) is 22.9 Å². The Balaban J connectivity index is 3.37. The molecule has 1 aromatic rings. The molecular formula is C12H20N2. The van der Waals surface area contributed by atoms with Crippen LogP contribution in [0, 0.1) is 6.92 Å². The quantitative estimate of drug-likeness (QED) is 0.781. The van der Waals surface area contributed by atoms with Gasteiger partial charge in [0.05, 0.1) is 0 Å². The zero-order valence-corrected chi connectivity index (χ0v) is 9.76. The third-order valence-corrected chi connectivity index (χ3v) is 2.50. The average molecular weight is 192 g/mol. The van der Waals surface area contributed by atoms with Crippen LogP contribution in [0.5, 0.6) is 0 Å². The van der Waals surface area contributed by atoms with Crippen LogP contribution in [0.4, 0.5) is 5.82 Å². The number of hydrogen-bond donors (Lipinski definition) is 1. The summed E-state index contributed by atoms with van der Waals surface area (Å²) in [7, 11) is 0. The third-order valence-electron chi connectivity index (χ3n) is 2.50. The van der Waals surface area contributed by atoms with Crippen LogP contribution in [0.3, 0.4) is 0 Å². The predicted octanol–water partition coefficient (Wildman–Crippen LogP) is 3.22. The molecule has 0 aliphatic carbocycles. The fourth-order valence-corrected chi connectivity index (χ4v) is 1.96. The van der Waals surface area contributed by atoms with E-state index in [0.29, 0.717) is 17.7 Å². The van der Waals surface area contributed by atoms with Gasteiger partial charge >= 0.3 is 0 Å². The minimum absolute atomic E-state index is 0.511. The molecule has 14 heavy (non-hydrogen) atoms. The molecule has 1 aromatic heterocycles. The number of nitrogen functional groups attached to an aromatic ring is 1. The van der Waals surface area contributed by atoms with Crippen LogP contribution in [0.25, 0.3) is 0 Å². The van der Waals surface area contributed by atoms with E-state index in [1.807, 2.05) is 13.0 Å². The van der Waals surface area contributed by atoms with E-state index in [1.54, 1.807) is 0 Å². The van der Waals surface area contributed by atoms with Gasteiger partial charge in [-0.25, -0.2) is 4.98 Å². The Labute approximate surface area is 86.5 Å². The molecule has 0 spiro atoms. The summed E-state index contributed by atoms with van der Waals surface area (Å²) in [5.41, 5.74) is 9.52. The number of aromatic nitrogens is 1. The Hall–Kier alpha value is -1.05. The molecule has 78 valence electrons. The van der Waals surface area contributed by atoms with E-state index in [2.05, 4.69) is 32.7 Å². The molecular weight excluding hydrogens is 172 g/mol. The minimum atomic E-state index is 0.511. The molecule has 0 saturated heterocycles. The fraction of sp³-hybridized carbons (Fsp3) is 0.583. The average Bonchev–Trinajstić information content (AvgIpc) is 2.01. The van der Waals surface area contributed by atoms with Crippen LogP contribution in [0.1, 0.15) is 56.4 Å². The highest BCUT2D eigenvalue weighted by molar-refractivity contribution is 5.43. The summed E-state index contributed by atoms with van der Waals surface area (Å²) in [6.45, 7) is 10.8. The normalized spacial score (nSPS) is 11.4. The van der Waals surface area contributed by atoms with Gasteiger partial charge in [0.25, 0.3) is 0 Å². The van der Waals surface area contributed by atoms with Gasteiger partial charge in [0.2, 0.25) is 0 Å². The number of rotatable bonds is 2. The summed E-state index contributed by atoms with van der Waals surface area (Å²) < 4.78 is 0. The van der Waals surface area contributed by atoms with Crippen LogP contribution in [-0.2, 0) is 0 Å². The van der Waals surface area contributed by atoms with Crippen molar-refractivity contribution in [2.24, 2.45) is 0 Å². The Morgan fingerprint density at radius 2 is 1.71 bits per heavy atom. The SMILES string of the molecule is Cc1nc(N)cc(C(C)C)c1C(C)C. The van der Waals surface area contributed by atoms with Crippen molar-refractivity contribution in [2.75, 3.05) is 5.73 Å². The van der Waals surface area contributed by atoms with Gasteiger partial charge in [-0.1, -0.05) is 27.7 Å². The molecule has 2 nitrogen and oxygen atoms in total. The van der Waals surface area contributed by atoms with E-state index in [-0.39, 0.29) is 0 Å². The summed E-state index contributed by atoms with van der Waals surface area (Å²) in [4.78, 5) is 4.32. The first kappa shape index (κ1) is 11.0. The van der Waals surface area contributed by atoms with Gasteiger partial charge in [-0.15, -0.1) is 0 Å². The van der Waals surface area contributed by atoms with Crippen molar-refractivity contribution >= 4 is 5.82 Å². The first-order chi connectivity index (χ1) is 6.43. The summed E-state index contributed by atoms with van der Waals surface area (Å²) in [5, 5.41) is 0. The van der Waals surface area contributed by atoms with Crippen molar-refractivity contribution in [1.29, 1.82) is 0 Å².